The number of nitrogens with zero attached hydrogens (tertiary/aromatic N) is 1. The topological polar surface area (TPSA) is 59.9 Å². The van der Waals surface area contributed by atoms with Gasteiger partial charge in [0.25, 0.3) is 5.91 Å². The summed E-state index contributed by atoms with van der Waals surface area (Å²) < 4.78 is 11.1. The van der Waals surface area contributed by atoms with Crippen LogP contribution in [0.15, 0.2) is 71.1 Å². The minimum Gasteiger partial charge on any atom is -0.494 e. The number of benzene rings is 2. The molecule has 1 saturated heterocycles. The molecule has 0 bridgehead atoms. The van der Waals surface area contributed by atoms with Gasteiger partial charge in [-0.15, -0.1) is 0 Å². The lowest BCUT2D eigenvalue weighted by atomic mass is 10.2. The summed E-state index contributed by atoms with van der Waals surface area (Å²) in [5.74, 6) is 1.32. The van der Waals surface area contributed by atoms with E-state index >= 15 is 0 Å². The molecular weight excluding hydrogens is 360 g/mol. The van der Waals surface area contributed by atoms with E-state index < -0.39 is 0 Å². The first-order valence-electron chi connectivity index (χ1n) is 8.54. The van der Waals surface area contributed by atoms with Crippen LogP contribution in [-0.4, -0.2) is 24.3 Å². The number of nitrogens with one attached hydrogen (secondary N) is 1. The summed E-state index contributed by atoms with van der Waals surface area (Å²) in [5, 5.41) is 3.33. The van der Waals surface area contributed by atoms with E-state index in [1.165, 1.54) is 11.8 Å². The van der Waals surface area contributed by atoms with Crippen LogP contribution in [0.4, 0.5) is 5.69 Å². The largest absolute Gasteiger partial charge is 0.494 e. The fraction of sp³-hybridized carbons (Fsp3) is 0.143. The smallest absolute Gasteiger partial charge is 0.264 e. The standard InChI is InChI=1S/C21H20N2O3S/c1-3-13-26-18-8-6-5-7-15(18)14-19-20(24)23-21(27-19)22-16-9-11-17(12-10-16)25-4-2/h3,5-12,14H,1,4,13H2,2H3,(H,22,23,24). The van der Waals surface area contributed by atoms with Crippen LogP contribution in [0.1, 0.15) is 12.5 Å². The first kappa shape index (κ1) is 18.8. The van der Waals surface area contributed by atoms with Gasteiger partial charge in [0.1, 0.15) is 18.1 Å². The average Bonchev–Trinajstić information content (AvgIpc) is 3.02. The third-order valence-corrected chi connectivity index (χ3v) is 4.50. The molecule has 0 radical (unpaired) electrons. The van der Waals surface area contributed by atoms with Crippen molar-refractivity contribution in [3.8, 4) is 11.5 Å². The van der Waals surface area contributed by atoms with Gasteiger partial charge in [-0.2, -0.15) is 0 Å². The van der Waals surface area contributed by atoms with E-state index in [1.807, 2.05) is 55.5 Å². The Labute approximate surface area is 162 Å². The number of carbonyl (C=O) groups is 1. The van der Waals surface area contributed by atoms with Crippen molar-refractivity contribution < 1.29 is 14.3 Å². The van der Waals surface area contributed by atoms with Crippen molar-refractivity contribution in [2.24, 2.45) is 4.99 Å². The first-order chi connectivity index (χ1) is 13.2. The molecule has 1 fully saturated rings. The minimum absolute atomic E-state index is 0.178. The molecule has 1 N–H and O–H groups in total. The van der Waals surface area contributed by atoms with E-state index in [-0.39, 0.29) is 5.91 Å². The van der Waals surface area contributed by atoms with Crippen LogP contribution in [0, 0.1) is 0 Å². The zero-order chi connectivity index (χ0) is 19.1. The number of thioether (sulfide) groups is 1. The van der Waals surface area contributed by atoms with Gasteiger partial charge in [0.15, 0.2) is 5.17 Å². The molecule has 138 valence electrons. The number of aliphatic imine (C=N–C) groups is 1. The van der Waals surface area contributed by atoms with Crippen LogP contribution in [0.5, 0.6) is 11.5 Å². The maximum atomic E-state index is 12.3. The van der Waals surface area contributed by atoms with Crippen LogP contribution < -0.4 is 14.8 Å². The summed E-state index contributed by atoms with van der Waals surface area (Å²) >= 11 is 1.30. The molecule has 1 amide bonds. The van der Waals surface area contributed by atoms with E-state index in [2.05, 4.69) is 16.9 Å². The molecular formula is C21H20N2O3S. The fourth-order valence-corrected chi connectivity index (χ4v) is 3.24. The first-order valence-corrected chi connectivity index (χ1v) is 9.36. The van der Waals surface area contributed by atoms with Crippen LogP contribution in [0.3, 0.4) is 0 Å². The van der Waals surface area contributed by atoms with Crippen molar-refractivity contribution in [2.45, 2.75) is 6.92 Å². The number of amidine groups is 1. The average molecular weight is 380 g/mol. The molecule has 2 aromatic carbocycles. The highest BCUT2D eigenvalue weighted by molar-refractivity contribution is 8.18. The molecule has 1 aliphatic heterocycles. The quantitative estimate of drug-likeness (QED) is 0.566. The number of para-hydroxylation sites is 1. The predicted octanol–water partition coefficient (Wildman–Crippen LogP) is 4.54. The van der Waals surface area contributed by atoms with Gasteiger partial charge in [0.05, 0.1) is 17.2 Å². The fourth-order valence-electron chi connectivity index (χ4n) is 2.40. The van der Waals surface area contributed by atoms with Gasteiger partial charge in [-0.1, -0.05) is 30.9 Å². The molecule has 0 unspecified atom stereocenters. The second kappa shape index (κ2) is 9.09. The van der Waals surface area contributed by atoms with Gasteiger partial charge >= 0.3 is 0 Å². The zero-order valence-electron chi connectivity index (χ0n) is 15.0. The van der Waals surface area contributed by atoms with E-state index in [0.717, 1.165) is 17.0 Å². The van der Waals surface area contributed by atoms with E-state index in [9.17, 15) is 4.79 Å². The third-order valence-electron chi connectivity index (χ3n) is 3.59. The normalized spacial score (nSPS) is 16.4. The van der Waals surface area contributed by atoms with Crippen LogP contribution >= 0.6 is 11.8 Å². The Kier molecular flexibility index (Phi) is 6.33. The van der Waals surface area contributed by atoms with Crippen molar-refractivity contribution >= 4 is 34.6 Å². The lowest BCUT2D eigenvalue weighted by Gasteiger charge is -2.06. The molecule has 1 aliphatic rings. The summed E-state index contributed by atoms with van der Waals surface area (Å²) in [5.41, 5.74) is 1.58. The Bertz CT molecular complexity index is 889. The van der Waals surface area contributed by atoms with Crippen molar-refractivity contribution in [1.82, 2.24) is 5.32 Å². The summed E-state index contributed by atoms with van der Waals surface area (Å²) in [6.45, 7) is 6.62. The Morgan fingerprint density at radius 2 is 1.93 bits per heavy atom. The molecule has 0 atom stereocenters. The highest BCUT2D eigenvalue weighted by atomic mass is 32.2. The number of hydrogen-bond donors (Lipinski definition) is 1. The number of rotatable bonds is 7. The number of ether oxygens (including phenoxy) is 2. The molecule has 0 spiro atoms. The molecule has 6 heteroatoms. The molecule has 5 nitrogen and oxygen atoms in total. The maximum absolute atomic E-state index is 12.3. The van der Waals surface area contributed by atoms with Gasteiger partial charge in [-0.25, -0.2) is 4.99 Å². The van der Waals surface area contributed by atoms with Gasteiger partial charge < -0.3 is 14.8 Å². The number of carbonyl (C=O) groups excluding carboxylic acids is 1. The highest BCUT2D eigenvalue weighted by Gasteiger charge is 2.24. The molecule has 0 saturated carbocycles. The zero-order valence-corrected chi connectivity index (χ0v) is 15.8. The second-order valence-corrected chi connectivity index (χ2v) is 6.58. The van der Waals surface area contributed by atoms with Crippen molar-refractivity contribution in [1.29, 1.82) is 0 Å². The molecule has 3 rings (SSSR count). The molecule has 1 heterocycles. The summed E-state index contributed by atoms with van der Waals surface area (Å²) in [6.07, 6.45) is 3.49. The monoisotopic (exact) mass is 380 g/mol. The second-order valence-electron chi connectivity index (χ2n) is 5.55. The summed E-state index contributed by atoms with van der Waals surface area (Å²) in [7, 11) is 0. The summed E-state index contributed by atoms with van der Waals surface area (Å²) in [6, 6.07) is 15.0. The van der Waals surface area contributed by atoms with Crippen LogP contribution in [0.25, 0.3) is 6.08 Å². The third kappa shape index (κ3) is 5.01. The van der Waals surface area contributed by atoms with Gasteiger partial charge in [0, 0.05) is 5.56 Å². The van der Waals surface area contributed by atoms with Gasteiger partial charge in [0.2, 0.25) is 0 Å². The molecule has 0 aromatic heterocycles. The maximum Gasteiger partial charge on any atom is 0.264 e. The van der Waals surface area contributed by atoms with Gasteiger partial charge in [-0.05, 0) is 55.1 Å². The Morgan fingerprint density at radius 3 is 2.67 bits per heavy atom. The number of hydrogen-bond acceptors (Lipinski definition) is 5. The minimum atomic E-state index is -0.178. The molecule has 0 aliphatic carbocycles. The SMILES string of the molecule is C=CCOc1ccccc1C=C1SC(=Nc2ccc(OCC)cc2)NC1=O. The van der Waals surface area contributed by atoms with E-state index in [4.69, 9.17) is 9.47 Å². The van der Waals surface area contributed by atoms with E-state index in [1.54, 1.807) is 12.2 Å². The lowest BCUT2D eigenvalue weighted by molar-refractivity contribution is -0.115. The van der Waals surface area contributed by atoms with Crippen LogP contribution in [-0.2, 0) is 4.79 Å². The predicted molar refractivity (Wildman–Crippen MR) is 111 cm³/mol. The Balaban J connectivity index is 1.77. The van der Waals surface area contributed by atoms with Crippen molar-refractivity contribution in [3.63, 3.8) is 0 Å². The van der Waals surface area contributed by atoms with Gasteiger partial charge in [-0.3, -0.25) is 4.79 Å². The Morgan fingerprint density at radius 1 is 1.15 bits per heavy atom. The van der Waals surface area contributed by atoms with E-state index in [0.29, 0.717) is 29.0 Å². The van der Waals surface area contributed by atoms with Crippen molar-refractivity contribution in [3.05, 3.63) is 71.7 Å². The Hall–Kier alpha value is -2.99. The lowest BCUT2D eigenvalue weighted by Crippen LogP contribution is -2.19. The number of amides is 1. The molecule has 27 heavy (non-hydrogen) atoms. The highest BCUT2D eigenvalue weighted by Crippen LogP contribution is 2.31. The van der Waals surface area contributed by atoms with Crippen LogP contribution in [0.2, 0.25) is 0 Å². The van der Waals surface area contributed by atoms with Crippen molar-refractivity contribution in [2.75, 3.05) is 13.2 Å². The summed E-state index contributed by atoms with van der Waals surface area (Å²) in [4.78, 5) is 17.3. The molecule has 2 aromatic rings.